The van der Waals surface area contributed by atoms with Gasteiger partial charge in [-0.15, -0.1) is 0 Å². The SMILES string of the molecule is Cc1oc(-c2ccccc2)nc1COC(=O)CCNC(=O)Cc1ccccc1. The molecule has 0 aliphatic heterocycles. The first-order valence-electron chi connectivity index (χ1n) is 9.10. The van der Waals surface area contributed by atoms with E-state index in [0.29, 0.717) is 17.3 Å². The van der Waals surface area contributed by atoms with Gasteiger partial charge in [-0.05, 0) is 24.6 Å². The summed E-state index contributed by atoms with van der Waals surface area (Å²) >= 11 is 0. The molecule has 0 unspecified atom stereocenters. The molecule has 3 aromatic rings. The number of esters is 1. The van der Waals surface area contributed by atoms with Crippen LogP contribution in [0.5, 0.6) is 0 Å². The highest BCUT2D eigenvalue weighted by molar-refractivity contribution is 5.79. The van der Waals surface area contributed by atoms with Crippen LogP contribution in [0.3, 0.4) is 0 Å². The second-order valence-corrected chi connectivity index (χ2v) is 6.31. The van der Waals surface area contributed by atoms with E-state index in [4.69, 9.17) is 9.15 Å². The molecule has 2 aromatic carbocycles. The van der Waals surface area contributed by atoms with Gasteiger partial charge in [0.25, 0.3) is 0 Å². The van der Waals surface area contributed by atoms with Gasteiger partial charge in [0.1, 0.15) is 18.1 Å². The maximum Gasteiger partial charge on any atom is 0.307 e. The number of benzene rings is 2. The van der Waals surface area contributed by atoms with Crippen LogP contribution in [-0.2, 0) is 27.4 Å². The van der Waals surface area contributed by atoms with E-state index in [1.165, 1.54) is 0 Å². The number of nitrogens with one attached hydrogen (secondary N) is 1. The van der Waals surface area contributed by atoms with Crippen molar-refractivity contribution in [2.75, 3.05) is 6.54 Å². The Bertz CT molecular complexity index is 920. The Morgan fingerprint density at radius 1 is 1.04 bits per heavy atom. The van der Waals surface area contributed by atoms with E-state index in [1.54, 1.807) is 6.92 Å². The van der Waals surface area contributed by atoms with Gasteiger partial charge in [-0.1, -0.05) is 48.5 Å². The highest BCUT2D eigenvalue weighted by atomic mass is 16.5. The highest BCUT2D eigenvalue weighted by Gasteiger charge is 2.13. The molecule has 0 atom stereocenters. The predicted octanol–water partition coefficient (Wildman–Crippen LogP) is 3.44. The Morgan fingerprint density at radius 2 is 1.71 bits per heavy atom. The Hall–Kier alpha value is -3.41. The summed E-state index contributed by atoms with van der Waals surface area (Å²) in [5.41, 5.74) is 2.38. The van der Waals surface area contributed by atoms with Gasteiger partial charge in [-0.2, -0.15) is 0 Å². The van der Waals surface area contributed by atoms with Crippen LogP contribution >= 0.6 is 0 Å². The Morgan fingerprint density at radius 3 is 2.43 bits per heavy atom. The summed E-state index contributed by atoms with van der Waals surface area (Å²) in [6.07, 6.45) is 0.388. The van der Waals surface area contributed by atoms with Crippen LogP contribution in [0.2, 0.25) is 0 Å². The van der Waals surface area contributed by atoms with Crippen LogP contribution in [0.4, 0.5) is 0 Å². The summed E-state index contributed by atoms with van der Waals surface area (Å²) in [7, 11) is 0. The van der Waals surface area contributed by atoms with Crippen molar-refractivity contribution in [3.63, 3.8) is 0 Å². The molecule has 0 radical (unpaired) electrons. The van der Waals surface area contributed by atoms with Crippen molar-refractivity contribution in [1.29, 1.82) is 0 Å². The van der Waals surface area contributed by atoms with Gasteiger partial charge in [0, 0.05) is 12.1 Å². The van der Waals surface area contributed by atoms with Crippen molar-refractivity contribution in [3.8, 4) is 11.5 Å². The average molecular weight is 378 g/mol. The Labute approximate surface area is 163 Å². The average Bonchev–Trinajstić information content (AvgIpc) is 3.08. The second-order valence-electron chi connectivity index (χ2n) is 6.31. The Balaban J connectivity index is 1.41. The molecule has 1 amide bonds. The number of rotatable bonds is 8. The standard InChI is InChI=1S/C22H22N2O4/c1-16-19(24-22(28-16)18-10-6-3-7-11-18)15-27-21(26)12-13-23-20(25)14-17-8-4-2-5-9-17/h2-11H,12-15H2,1H3,(H,23,25). The van der Waals surface area contributed by atoms with Gasteiger partial charge < -0.3 is 14.5 Å². The monoisotopic (exact) mass is 378 g/mol. The lowest BCUT2D eigenvalue weighted by molar-refractivity contribution is -0.145. The minimum absolute atomic E-state index is 0.0406. The normalized spacial score (nSPS) is 10.5. The number of oxazole rings is 1. The van der Waals surface area contributed by atoms with Crippen molar-refractivity contribution in [1.82, 2.24) is 10.3 Å². The minimum atomic E-state index is -0.399. The summed E-state index contributed by atoms with van der Waals surface area (Å²) in [5.74, 6) is 0.586. The molecule has 0 bridgehead atoms. The molecule has 0 fully saturated rings. The molecule has 144 valence electrons. The highest BCUT2D eigenvalue weighted by Crippen LogP contribution is 2.21. The summed E-state index contributed by atoms with van der Waals surface area (Å²) in [6, 6.07) is 19.0. The molecule has 0 saturated carbocycles. The number of amides is 1. The molecule has 28 heavy (non-hydrogen) atoms. The minimum Gasteiger partial charge on any atom is -0.459 e. The quantitative estimate of drug-likeness (QED) is 0.607. The molecule has 0 aliphatic rings. The molecule has 3 rings (SSSR count). The third-order valence-corrected chi connectivity index (χ3v) is 4.14. The van der Waals surface area contributed by atoms with Crippen molar-refractivity contribution in [2.24, 2.45) is 0 Å². The van der Waals surface area contributed by atoms with Crippen molar-refractivity contribution >= 4 is 11.9 Å². The number of aryl methyl sites for hydroxylation is 1. The van der Waals surface area contributed by atoms with E-state index in [-0.39, 0.29) is 31.9 Å². The number of hydrogen-bond acceptors (Lipinski definition) is 5. The molecule has 6 nitrogen and oxygen atoms in total. The summed E-state index contributed by atoms with van der Waals surface area (Å²) < 4.78 is 10.9. The maximum absolute atomic E-state index is 11.9. The summed E-state index contributed by atoms with van der Waals surface area (Å²) in [6.45, 7) is 2.06. The predicted molar refractivity (Wildman–Crippen MR) is 104 cm³/mol. The van der Waals surface area contributed by atoms with Gasteiger partial charge in [-0.3, -0.25) is 9.59 Å². The number of aromatic nitrogens is 1. The van der Waals surface area contributed by atoms with E-state index in [1.807, 2.05) is 60.7 Å². The molecule has 0 aliphatic carbocycles. The van der Waals surface area contributed by atoms with Crippen LogP contribution in [0, 0.1) is 6.92 Å². The fourth-order valence-corrected chi connectivity index (χ4v) is 2.63. The van der Waals surface area contributed by atoms with Crippen LogP contribution < -0.4 is 5.32 Å². The van der Waals surface area contributed by atoms with Crippen molar-refractivity contribution in [3.05, 3.63) is 77.7 Å². The second kappa shape index (κ2) is 9.50. The van der Waals surface area contributed by atoms with E-state index >= 15 is 0 Å². The van der Waals surface area contributed by atoms with E-state index < -0.39 is 5.97 Å². The third-order valence-electron chi connectivity index (χ3n) is 4.14. The lowest BCUT2D eigenvalue weighted by atomic mass is 10.1. The molecule has 1 N–H and O–H groups in total. The van der Waals surface area contributed by atoms with Gasteiger partial charge >= 0.3 is 5.97 Å². The first-order chi connectivity index (χ1) is 13.6. The number of nitrogens with zero attached hydrogens (tertiary/aromatic N) is 1. The fraction of sp³-hybridized carbons (Fsp3) is 0.227. The first kappa shape index (κ1) is 19.4. The van der Waals surface area contributed by atoms with E-state index in [0.717, 1.165) is 11.1 Å². The number of carbonyl (C=O) groups is 2. The largest absolute Gasteiger partial charge is 0.459 e. The molecular formula is C22H22N2O4. The molecule has 0 saturated heterocycles. The summed E-state index contributed by atoms with van der Waals surface area (Å²) in [4.78, 5) is 28.2. The molecular weight excluding hydrogens is 356 g/mol. The number of ether oxygens (including phenoxy) is 1. The zero-order valence-corrected chi connectivity index (χ0v) is 15.7. The third kappa shape index (κ3) is 5.54. The van der Waals surface area contributed by atoms with Crippen molar-refractivity contribution < 1.29 is 18.7 Å². The topological polar surface area (TPSA) is 81.4 Å². The smallest absolute Gasteiger partial charge is 0.307 e. The van der Waals surface area contributed by atoms with Gasteiger partial charge in [0.2, 0.25) is 11.8 Å². The fourth-order valence-electron chi connectivity index (χ4n) is 2.63. The van der Waals surface area contributed by atoms with Crippen LogP contribution in [0.15, 0.2) is 65.1 Å². The van der Waals surface area contributed by atoms with Gasteiger partial charge in [-0.25, -0.2) is 4.98 Å². The summed E-state index contributed by atoms with van der Waals surface area (Å²) in [5, 5.41) is 2.72. The maximum atomic E-state index is 11.9. The van der Waals surface area contributed by atoms with Gasteiger partial charge in [0.15, 0.2) is 0 Å². The zero-order valence-electron chi connectivity index (χ0n) is 15.7. The number of hydrogen-bond donors (Lipinski definition) is 1. The Kier molecular flexibility index (Phi) is 6.57. The number of carbonyl (C=O) groups excluding carboxylic acids is 2. The molecule has 1 aromatic heterocycles. The molecule has 6 heteroatoms. The lowest BCUT2D eigenvalue weighted by Gasteiger charge is -2.06. The molecule has 1 heterocycles. The lowest BCUT2D eigenvalue weighted by Crippen LogP contribution is -2.27. The first-order valence-corrected chi connectivity index (χ1v) is 9.10. The van der Waals surface area contributed by atoms with Crippen LogP contribution in [0.25, 0.3) is 11.5 Å². The van der Waals surface area contributed by atoms with Crippen LogP contribution in [-0.4, -0.2) is 23.4 Å². The molecule has 0 spiro atoms. The zero-order chi connectivity index (χ0) is 19.8. The van der Waals surface area contributed by atoms with E-state index in [9.17, 15) is 9.59 Å². The van der Waals surface area contributed by atoms with Crippen LogP contribution in [0.1, 0.15) is 23.4 Å². The van der Waals surface area contributed by atoms with Gasteiger partial charge in [0.05, 0.1) is 12.8 Å². The van der Waals surface area contributed by atoms with Crippen molar-refractivity contribution in [2.45, 2.75) is 26.4 Å². The van der Waals surface area contributed by atoms with E-state index in [2.05, 4.69) is 10.3 Å².